The molecule has 216 valence electrons. The van der Waals surface area contributed by atoms with E-state index in [4.69, 9.17) is 34.2 Å². The van der Waals surface area contributed by atoms with Gasteiger partial charge in [0.15, 0.2) is 5.79 Å². The van der Waals surface area contributed by atoms with Gasteiger partial charge < -0.3 is 34.2 Å². The number of benzene rings is 3. The molecule has 7 heteroatoms. The van der Waals surface area contributed by atoms with E-state index in [1.807, 2.05) is 113 Å². The van der Waals surface area contributed by atoms with Gasteiger partial charge in [-0.2, -0.15) is 0 Å². The Kier molecular flexibility index (Phi) is 11.1. The fourth-order valence-corrected chi connectivity index (χ4v) is 4.91. The number of nitrogens with two attached hydrogens (primary N) is 1. The summed E-state index contributed by atoms with van der Waals surface area (Å²) in [6, 6.07) is 28.0. The van der Waals surface area contributed by atoms with Crippen molar-refractivity contribution < 1.29 is 28.4 Å². The Hall–Kier alpha value is -2.78. The molecular formula is C33H43NO6. The zero-order valence-corrected chi connectivity index (χ0v) is 24.0. The zero-order chi connectivity index (χ0) is 28.4. The van der Waals surface area contributed by atoms with Gasteiger partial charge in [0.2, 0.25) is 6.29 Å². The molecule has 5 unspecified atom stereocenters. The Morgan fingerprint density at radius 1 is 0.750 bits per heavy atom. The Labute approximate surface area is 238 Å². The lowest BCUT2D eigenvalue weighted by molar-refractivity contribution is -0.270. The number of hydrogen-bond acceptors (Lipinski definition) is 7. The third kappa shape index (κ3) is 8.13. The Morgan fingerprint density at radius 3 is 1.98 bits per heavy atom. The van der Waals surface area contributed by atoms with Crippen LogP contribution < -0.4 is 10.5 Å². The molecule has 2 saturated heterocycles. The molecule has 5 rings (SSSR count). The van der Waals surface area contributed by atoms with Gasteiger partial charge in [0, 0.05) is 0 Å². The summed E-state index contributed by atoms with van der Waals surface area (Å²) >= 11 is 0. The summed E-state index contributed by atoms with van der Waals surface area (Å²) in [7, 11) is 0. The van der Waals surface area contributed by atoms with Crippen LogP contribution in [0.4, 0.5) is 0 Å². The number of hydrogen-bond donors (Lipinski definition) is 1. The molecule has 0 aromatic heterocycles. The van der Waals surface area contributed by atoms with Gasteiger partial charge in [0.05, 0.1) is 19.8 Å². The zero-order valence-electron chi connectivity index (χ0n) is 24.0. The van der Waals surface area contributed by atoms with Gasteiger partial charge in [-0.15, -0.1) is 0 Å². The van der Waals surface area contributed by atoms with Gasteiger partial charge in [-0.05, 0) is 55.6 Å². The minimum atomic E-state index is -0.788. The minimum Gasteiger partial charge on any atom is -0.462 e. The Balaban J connectivity index is 0.00000181. The quantitative estimate of drug-likeness (QED) is 0.332. The van der Waals surface area contributed by atoms with Crippen LogP contribution in [0.1, 0.15) is 44.4 Å². The van der Waals surface area contributed by atoms with Crippen LogP contribution in [0.3, 0.4) is 0 Å². The van der Waals surface area contributed by atoms with E-state index in [2.05, 4.69) is 0 Å². The van der Waals surface area contributed by atoms with Crippen LogP contribution in [0.15, 0.2) is 84.9 Å². The lowest BCUT2D eigenvalue weighted by Crippen LogP contribution is -2.59. The van der Waals surface area contributed by atoms with E-state index in [0.29, 0.717) is 32.1 Å². The van der Waals surface area contributed by atoms with Crippen LogP contribution in [-0.4, -0.2) is 49.6 Å². The molecule has 0 spiro atoms. The molecule has 0 aliphatic carbocycles. The Morgan fingerprint density at radius 2 is 1.35 bits per heavy atom. The second-order valence-electron chi connectivity index (χ2n) is 10.2. The molecule has 40 heavy (non-hydrogen) atoms. The number of rotatable bonds is 11. The van der Waals surface area contributed by atoms with E-state index in [-0.39, 0.29) is 6.10 Å². The van der Waals surface area contributed by atoms with Crippen molar-refractivity contribution in [3.8, 4) is 5.75 Å². The summed E-state index contributed by atoms with van der Waals surface area (Å²) in [6.45, 7) is 9.62. The van der Waals surface area contributed by atoms with Crippen molar-refractivity contribution in [1.82, 2.24) is 0 Å². The molecule has 3 aromatic carbocycles. The average Bonchev–Trinajstić information content (AvgIpc) is 3.31. The maximum atomic E-state index is 6.52. The first-order valence-electron chi connectivity index (χ1n) is 14.2. The molecule has 7 nitrogen and oxygen atoms in total. The first-order chi connectivity index (χ1) is 19.5. The van der Waals surface area contributed by atoms with Crippen molar-refractivity contribution in [3.05, 3.63) is 102 Å². The second-order valence-corrected chi connectivity index (χ2v) is 10.2. The highest BCUT2D eigenvalue weighted by atomic mass is 16.8. The fourth-order valence-electron chi connectivity index (χ4n) is 4.91. The third-order valence-electron chi connectivity index (χ3n) is 6.72. The fraction of sp³-hybridized carbons (Fsp3) is 0.455. The third-order valence-corrected chi connectivity index (χ3v) is 6.72. The predicted molar refractivity (Wildman–Crippen MR) is 155 cm³/mol. The van der Waals surface area contributed by atoms with Crippen molar-refractivity contribution >= 4 is 0 Å². The summed E-state index contributed by atoms with van der Waals surface area (Å²) in [5.41, 5.74) is 9.01. The van der Waals surface area contributed by atoms with E-state index >= 15 is 0 Å². The molecule has 2 heterocycles. The van der Waals surface area contributed by atoms with Crippen LogP contribution in [0.25, 0.3) is 0 Å². The first kappa shape index (κ1) is 30.2. The lowest BCUT2D eigenvalue weighted by Gasteiger charge is -2.41. The molecule has 0 bridgehead atoms. The van der Waals surface area contributed by atoms with E-state index in [1.54, 1.807) is 0 Å². The molecule has 2 N–H and O–H groups in total. The highest BCUT2D eigenvalue weighted by Gasteiger charge is 2.56. The molecule has 5 atom stereocenters. The predicted octanol–water partition coefficient (Wildman–Crippen LogP) is 5.64. The molecular weight excluding hydrogens is 506 g/mol. The summed E-state index contributed by atoms with van der Waals surface area (Å²) < 4.78 is 38.1. The molecule has 0 saturated carbocycles. The van der Waals surface area contributed by atoms with Gasteiger partial charge in [-0.25, -0.2) is 0 Å². The summed E-state index contributed by atoms with van der Waals surface area (Å²) in [5.74, 6) is -0.103. The van der Waals surface area contributed by atoms with Crippen molar-refractivity contribution in [2.45, 2.75) is 83.8 Å². The van der Waals surface area contributed by atoms with Crippen LogP contribution in [-0.2, 0) is 43.3 Å². The van der Waals surface area contributed by atoms with Crippen LogP contribution in [0, 0.1) is 0 Å². The van der Waals surface area contributed by atoms with E-state index in [1.165, 1.54) is 0 Å². The normalized spacial score (nSPS) is 25.0. The molecule has 0 amide bonds. The topological polar surface area (TPSA) is 81.4 Å². The highest BCUT2D eigenvalue weighted by molar-refractivity contribution is 5.28. The van der Waals surface area contributed by atoms with Crippen LogP contribution in [0.2, 0.25) is 0 Å². The van der Waals surface area contributed by atoms with Crippen LogP contribution in [0.5, 0.6) is 5.75 Å². The monoisotopic (exact) mass is 549 g/mol. The van der Waals surface area contributed by atoms with Gasteiger partial charge >= 0.3 is 0 Å². The second kappa shape index (κ2) is 14.7. The van der Waals surface area contributed by atoms with Crippen molar-refractivity contribution in [3.63, 3.8) is 0 Å². The molecule has 2 aliphatic heterocycles. The molecule has 0 radical (unpaired) electrons. The van der Waals surface area contributed by atoms with Gasteiger partial charge in [-0.1, -0.05) is 86.6 Å². The van der Waals surface area contributed by atoms with Gasteiger partial charge in [0.25, 0.3) is 0 Å². The van der Waals surface area contributed by atoms with E-state index < -0.39 is 30.4 Å². The Bertz CT molecular complexity index is 1120. The molecule has 2 aliphatic rings. The minimum absolute atomic E-state index is 0.330. The van der Waals surface area contributed by atoms with Crippen molar-refractivity contribution in [1.29, 1.82) is 0 Å². The number of fused-ring (bicyclic) bond motifs is 1. The number of ether oxygens (including phenoxy) is 6. The van der Waals surface area contributed by atoms with E-state index in [0.717, 1.165) is 23.1 Å². The molecule has 2 fully saturated rings. The first-order valence-corrected chi connectivity index (χ1v) is 14.2. The average molecular weight is 550 g/mol. The van der Waals surface area contributed by atoms with Crippen molar-refractivity contribution in [2.75, 3.05) is 13.2 Å². The SMILES string of the molecule is CC.CC1(C)OC2C(COCc3ccccc3)OC(Oc3ccc(CCN)cc3)C(OCc3ccccc3)C2O1. The van der Waals surface area contributed by atoms with Gasteiger partial charge in [-0.3, -0.25) is 0 Å². The van der Waals surface area contributed by atoms with Crippen molar-refractivity contribution in [2.24, 2.45) is 5.73 Å². The standard InChI is InChI=1S/C31H37NO6.C2H6/c1-31(2)37-27-26(21-33-19-23-9-5-3-6-10-23)36-30(35-25-15-13-22(14-16-25)17-18-32)29(28(27)38-31)34-20-24-11-7-4-8-12-24;1-2/h3-16,26-30H,17-21,32H2,1-2H3;1-2H3. The maximum absolute atomic E-state index is 6.52. The summed E-state index contributed by atoms with van der Waals surface area (Å²) in [5, 5.41) is 0. The smallest absolute Gasteiger partial charge is 0.229 e. The van der Waals surface area contributed by atoms with Crippen LogP contribution >= 0.6 is 0 Å². The summed E-state index contributed by atoms with van der Waals surface area (Å²) in [4.78, 5) is 0. The highest BCUT2D eigenvalue weighted by Crippen LogP contribution is 2.39. The van der Waals surface area contributed by atoms with E-state index in [9.17, 15) is 0 Å². The van der Waals surface area contributed by atoms with Gasteiger partial charge in [0.1, 0.15) is 30.2 Å². The molecule has 3 aromatic rings. The largest absolute Gasteiger partial charge is 0.462 e. The maximum Gasteiger partial charge on any atom is 0.229 e. The summed E-state index contributed by atoms with van der Waals surface area (Å²) in [6.07, 6.45) is -1.58. The lowest BCUT2D eigenvalue weighted by atomic mass is 9.99.